The summed E-state index contributed by atoms with van der Waals surface area (Å²) >= 11 is 0. The van der Waals surface area contributed by atoms with Crippen molar-refractivity contribution in [1.82, 2.24) is 15.1 Å². The van der Waals surface area contributed by atoms with Crippen LogP contribution in [-0.2, 0) is 4.79 Å². The lowest BCUT2D eigenvalue weighted by molar-refractivity contribution is -0.133. The summed E-state index contributed by atoms with van der Waals surface area (Å²) in [6.07, 6.45) is 1.10. The van der Waals surface area contributed by atoms with Crippen LogP contribution in [0.15, 0.2) is 0 Å². The van der Waals surface area contributed by atoms with Gasteiger partial charge in [0.25, 0.3) is 0 Å². The van der Waals surface area contributed by atoms with Gasteiger partial charge in [-0.1, -0.05) is 6.92 Å². The van der Waals surface area contributed by atoms with Gasteiger partial charge in [0.1, 0.15) is 0 Å². The summed E-state index contributed by atoms with van der Waals surface area (Å²) < 4.78 is 0. The van der Waals surface area contributed by atoms with Crippen molar-refractivity contribution in [3.8, 4) is 0 Å². The summed E-state index contributed by atoms with van der Waals surface area (Å²) in [7, 11) is 2.01. The van der Waals surface area contributed by atoms with Crippen LogP contribution in [0.2, 0.25) is 0 Å². The molecule has 0 spiro atoms. The molecule has 0 saturated carbocycles. The van der Waals surface area contributed by atoms with E-state index < -0.39 is 0 Å². The molecule has 4 nitrogen and oxygen atoms in total. The van der Waals surface area contributed by atoms with Crippen LogP contribution in [0.5, 0.6) is 0 Å². The second-order valence-corrected chi connectivity index (χ2v) is 4.43. The van der Waals surface area contributed by atoms with Gasteiger partial charge in [0.05, 0.1) is 6.54 Å². The van der Waals surface area contributed by atoms with E-state index in [0.29, 0.717) is 12.6 Å². The first-order valence-electron chi connectivity index (χ1n) is 5.83. The van der Waals surface area contributed by atoms with Crippen LogP contribution in [0.4, 0.5) is 0 Å². The van der Waals surface area contributed by atoms with Crippen molar-refractivity contribution in [3.05, 3.63) is 0 Å². The molecule has 0 aromatic heterocycles. The Balaban J connectivity index is 2.32. The molecular formula is C11H23N3O. The first-order valence-corrected chi connectivity index (χ1v) is 5.83. The van der Waals surface area contributed by atoms with E-state index in [1.807, 2.05) is 11.9 Å². The first-order chi connectivity index (χ1) is 7.13. The topological polar surface area (TPSA) is 35.6 Å². The average Bonchev–Trinajstić information content (AvgIpc) is 2.18. The van der Waals surface area contributed by atoms with Gasteiger partial charge in [-0.2, -0.15) is 0 Å². The van der Waals surface area contributed by atoms with Crippen LogP contribution in [0.1, 0.15) is 20.3 Å². The Bertz CT molecular complexity index is 208. The molecule has 1 saturated heterocycles. The van der Waals surface area contributed by atoms with Crippen LogP contribution in [-0.4, -0.2) is 61.5 Å². The van der Waals surface area contributed by atoms with Crippen molar-refractivity contribution in [3.63, 3.8) is 0 Å². The molecule has 0 radical (unpaired) electrons. The number of amides is 1. The third-order valence-electron chi connectivity index (χ3n) is 2.73. The van der Waals surface area contributed by atoms with Gasteiger partial charge in [-0.25, -0.2) is 0 Å². The lowest BCUT2D eigenvalue weighted by Gasteiger charge is -2.33. The van der Waals surface area contributed by atoms with Crippen LogP contribution in [0.3, 0.4) is 0 Å². The second-order valence-electron chi connectivity index (χ2n) is 4.43. The Morgan fingerprint density at radius 2 is 2.33 bits per heavy atom. The highest BCUT2D eigenvalue weighted by atomic mass is 16.2. The molecule has 1 rings (SSSR count). The second kappa shape index (κ2) is 6.08. The maximum atomic E-state index is 11.9. The fourth-order valence-electron chi connectivity index (χ4n) is 1.95. The quantitative estimate of drug-likeness (QED) is 0.722. The van der Waals surface area contributed by atoms with Gasteiger partial charge in [0.15, 0.2) is 0 Å². The highest BCUT2D eigenvalue weighted by Crippen LogP contribution is 2.00. The molecule has 0 bridgehead atoms. The minimum Gasteiger partial charge on any atom is -0.339 e. The summed E-state index contributed by atoms with van der Waals surface area (Å²) in [4.78, 5) is 15.9. The number of carbonyl (C=O) groups is 1. The lowest BCUT2D eigenvalue weighted by Crippen LogP contribution is -2.53. The SMILES string of the molecule is CCCN(C)CC(=O)N1CCN[C@H](C)C1. The third-order valence-corrected chi connectivity index (χ3v) is 2.73. The smallest absolute Gasteiger partial charge is 0.236 e. The van der Waals surface area contributed by atoms with Gasteiger partial charge in [0.2, 0.25) is 5.91 Å². The normalized spacial score (nSPS) is 22.1. The lowest BCUT2D eigenvalue weighted by atomic mass is 10.2. The van der Waals surface area contributed by atoms with Crippen molar-refractivity contribution in [2.24, 2.45) is 0 Å². The molecule has 1 atom stereocenters. The summed E-state index contributed by atoms with van der Waals surface area (Å²) in [5.74, 6) is 0.263. The Morgan fingerprint density at radius 1 is 1.60 bits per heavy atom. The minimum atomic E-state index is 0.263. The summed E-state index contributed by atoms with van der Waals surface area (Å²) in [5, 5.41) is 3.34. The number of rotatable bonds is 4. The van der Waals surface area contributed by atoms with Gasteiger partial charge in [-0.05, 0) is 26.9 Å². The number of nitrogens with one attached hydrogen (secondary N) is 1. The van der Waals surface area contributed by atoms with Gasteiger partial charge in [0, 0.05) is 25.7 Å². The number of hydrogen-bond donors (Lipinski definition) is 1. The molecule has 0 aromatic rings. The van der Waals surface area contributed by atoms with Crippen LogP contribution in [0.25, 0.3) is 0 Å². The molecule has 1 N–H and O–H groups in total. The zero-order valence-electron chi connectivity index (χ0n) is 10.1. The van der Waals surface area contributed by atoms with Gasteiger partial charge in [-0.3, -0.25) is 9.69 Å². The van der Waals surface area contributed by atoms with Crippen LogP contribution < -0.4 is 5.32 Å². The van der Waals surface area contributed by atoms with Gasteiger partial charge < -0.3 is 10.2 Å². The summed E-state index contributed by atoms with van der Waals surface area (Å²) in [5.41, 5.74) is 0. The molecule has 1 amide bonds. The van der Waals surface area contributed by atoms with Gasteiger partial charge >= 0.3 is 0 Å². The van der Waals surface area contributed by atoms with E-state index in [1.54, 1.807) is 0 Å². The van der Waals surface area contributed by atoms with Crippen LogP contribution >= 0.6 is 0 Å². The maximum absolute atomic E-state index is 11.9. The minimum absolute atomic E-state index is 0.263. The highest BCUT2D eigenvalue weighted by molar-refractivity contribution is 5.78. The Hall–Kier alpha value is -0.610. The molecule has 1 aliphatic heterocycles. The van der Waals surface area contributed by atoms with E-state index in [2.05, 4.69) is 24.1 Å². The zero-order chi connectivity index (χ0) is 11.3. The fourth-order valence-corrected chi connectivity index (χ4v) is 1.95. The third kappa shape index (κ3) is 4.18. The molecule has 1 fully saturated rings. The highest BCUT2D eigenvalue weighted by Gasteiger charge is 2.20. The fraction of sp³-hybridized carbons (Fsp3) is 0.909. The van der Waals surface area contributed by atoms with Crippen molar-refractivity contribution in [1.29, 1.82) is 0 Å². The molecule has 0 aromatic carbocycles. The molecule has 1 aliphatic rings. The number of carbonyl (C=O) groups excluding carboxylic acids is 1. The number of likely N-dealkylation sites (N-methyl/N-ethyl adjacent to an activating group) is 1. The molecule has 0 aliphatic carbocycles. The molecule has 88 valence electrons. The van der Waals surface area contributed by atoms with E-state index in [4.69, 9.17) is 0 Å². The zero-order valence-corrected chi connectivity index (χ0v) is 10.1. The van der Waals surface area contributed by atoms with Crippen molar-refractivity contribution < 1.29 is 4.79 Å². The van der Waals surface area contributed by atoms with Crippen molar-refractivity contribution in [2.75, 3.05) is 39.8 Å². The predicted molar refractivity (Wildman–Crippen MR) is 61.8 cm³/mol. The number of piperazine rings is 1. The Labute approximate surface area is 92.6 Å². The molecule has 1 heterocycles. The Morgan fingerprint density at radius 3 is 2.93 bits per heavy atom. The predicted octanol–water partition coefficient (Wildman–Crippen LogP) is 0.149. The number of hydrogen-bond acceptors (Lipinski definition) is 3. The van der Waals surface area contributed by atoms with Crippen molar-refractivity contribution >= 4 is 5.91 Å². The van der Waals surface area contributed by atoms with Crippen molar-refractivity contribution in [2.45, 2.75) is 26.3 Å². The standard InChI is InChI=1S/C11H23N3O/c1-4-6-13(3)9-11(15)14-7-5-12-10(2)8-14/h10,12H,4-9H2,1-3H3/t10-/m1/s1. The van der Waals surface area contributed by atoms with Gasteiger partial charge in [-0.15, -0.1) is 0 Å². The van der Waals surface area contributed by atoms with E-state index in [0.717, 1.165) is 32.6 Å². The maximum Gasteiger partial charge on any atom is 0.236 e. The molecule has 15 heavy (non-hydrogen) atoms. The summed E-state index contributed by atoms with van der Waals surface area (Å²) in [6, 6.07) is 0.430. The van der Waals surface area contributed by atoms with E-state index in [1.165, 1.54) is 0 Å². The number of nitrogens with zero attached hydrogens (tertiary/aromatic N) is 2. The monoisotopic (exact) mass is 213 g/mol. The molecule has 0 unspecified atom stereocenters. The van der Waals surface area contributed by atoms with E-state index >= 15 is 0 Å². The van der Waals surface area contributed by atoms with E-state index in [-0.39, 0.29) is 5.91 Å². The average molecular weight is 213 g/mol. The largest absolute Gasteiger partial charge is 0.339 e. The summed E-state index contributed by atoms with van der Waals surface area (Å²) in [6.45, 7) is 8.42. The molecule has 4 heteroatoms. The Kier molecular flexibility index (Phi) is 5.05. The first kappa shape index (κ1) is 12.5. The molecular weight excluding hydrogens is 190 g/mol. The van der Waals surface area contributed by atoms with Crippen LogP contribution in [0, 0.1) is 0 Å². The van der Waals surface area contributed by atoms with E-state index in [9.17, 15) is 4.79 Å².